The molecule has 4 N–H and O–H groups in total. The summed E-state index contributed by atoms with van der Waals surface area (Å²) < 4.78 is 0. The Labute approximate surface area is 181 Å². The Morgan fingerprint density at radius 1 is 1.37 bits per heavy atom. The van der Waals surface area contributed by atoms with Crippen molar-refractivity contribution in [2.75, 3.05) is 11.9 Å². The number of thiazole rings is 1. The van der Waals surface area contributed by atoms with Crippen molar-refractivity contribution in [2.24, 2.45) is 16.7 Å². The number of carbonyl (C=O) groups is 1. The van der Waals surface area contributed by atoms with Crippen LogP contribution in [0.25, 0.3) is 0 Å². The fourth-order valence-corrected chi connectivity index (χ4v) is 6.79. The van der Waals surface area contributed by atoms with Crippen LogP contribution in [0.5, 0.6) is 5.75 Å². The van der Waals surface area contributed by atoms with Crippen molar-refractivity contribution in [3.63, 3.8) is 0 Å². The zero-order valence-corrected chi connectivity index (χ0v) is 18.5. The molecule has 1 fully saturated rings. The lowest BCUT2D eigenvalue weighted by molar-refractivity contribution is -0.143. The van der Waals surface area contributed by atoms with Crippen molar-refractivity contribution in [3.05, 3.63) is 39.8 Å². The number of aliphatic hydroxyl groups is 2. The maximum atomic E-state index is 13.0. The van der Waals surface area contributed by atoms with Crippen molar-refractivity contribution in [3.8, 4) is 5.75 Å². The number of rotatable bonds is 4. The molecule has 2 aliphatic rings. The number of phenolic OH excluding ortho intramolecular Hbond substituents is 1. The fraction of sp³-hybridized carbons (Fsp3) is 0.565. The van der Waals surface area contributed by atoms with E-state index in [1.54, 1.807) is 29.5 Å². The molecule has 162 valence electrons. The molecule has 1 aromatic carbocycles. The smallest absolute Gasteiger partial charge is 0.225 e. The van der Waals surface area contributed by atoms with Gasteiger partial charge in [0.2, 0.25) is 5.91 Å². The second kappa shape index (κ2) is 7.62. The highest BCUT2D eigenvalue weighted by molar-refractivity contribution is 7.11. The summed E-state index contributed by atoms with van der Waals surface area (Å²) >= 11 is 1.65. The molecule has 2 aromatic rings. The van der Waals surface area contributed by atoms with Crippen molar-refractivity contribution in [1.82, 2.24) is 4.98 Å². The van der Waals surface area contributed by atoms with Crippen molar-refractivity contribution in [2.45, 2.75) is 58.5 Å². The van der Waals surface area contributed by atoms with E-state index in [0.29, 0.717) is 12.1 Å². The van der Waals surface area contributed by atoms with E-state index in [1.807, 2.05) is 13.8 Å². The molecule has 7 heteroatoms. The molecule has 1 heterocycles. The highest BCUT2D eigenvalue weighted by Gasteiger charge is 2.59. The minimum Gasteiger partial charge on any atom is -0.508 e. The minimum absolute atomic E-state index is 0.0599. The van der Waals surface area contributed by atoms with Crippen LogP contribution in [0, 0.1) is 23.7 Å². The highest BCUT2D eigenvalue weighted by Crippen LogP contribution is 2.62. The van der Waals surface area contributed by atoms with Gasteiger partial charge in [-0.25, -0.2) is 4.98 Å². The maximum Gasteiger partial charge on any atom is 0.225 e. The second-order valence-corrected chi connectivity index (χ2v) is 10.7. The molecule has 5 atom stereocenters. The molecule has 0 bridgehead atoms. The number of fused-ring (bicyclic) bond motifs is 2. The number of aryl methyl sites for hydroxylation is 1. The molecule has 30 heavy (non-hydrogen) atoms. The number of hydrogen-bond acceptors (Lipinski definition) is 6. The van der Waals surface area contributed by atoms with Crippen LogP contribution in [-0.2, 0) is 11.2 Å². The van der Waals surface area contributed by atoms with Gasteiger partial charge in [0.15, 0.2) is 0 Å². The summed E-state index contributed by atoms with van der Waals surface area (Å²) in [5, 5.41) is 34.5. The third-order valence-electron chi connectivity index (χ3n) is 7.52. The number of amides is 1. The Kier molecular flexibility index (Phi) is 5.41. The van der Waals surface area contributed by atoms with Crippen LogP contribution in [0.2, 0.25) is 0 Å². The molecule has 0 radical (unpaired) electrons. The van der Waals surface area contributed by atoms with E-state index in [-0.39, 0.29) is 41.9 Å². The molecule has 1 amide bonds. The van der Waals surface area contributed by atoms with E-state index in [0.717, 1.165) is 23.5 Å². The largest absolute Gasteiger partial charge is 0.508 e. The summed E-state index contributed by atoms with van der Waals surface area (Å²) in [7, 11) is 0. The third-order valence-corrected chi connectivity index (χ3v) is 8.53. The highest BCUT2D eigenvalue weighted by atomic mass is 32.1. The zero-order valence-electron chi connectivity index (χ0n) is 17.7. The SMILES string of the molecule is Cc1nc2c(s1)CC1C(C)(CO)C(O)CCC1(C)C2CC(=O)Nc1cccc(O)c1. The molecule has 0 aliphatic heterocycles. The van der Waals surface area contributed by atoms with Gasteiger partial charge < -0.3 is 20.6 Å². The average Bonchev–Trinajstić information content (AvgIpc) is 3.07. The first-order valence-electron chi connectivity index (χ1n) is 10.5. The van der Waals surface area contributed by atoms with Gasteiger partial charge in [-0.05, 0) is 49.7 Å². The zero-order chi connectivity index (χ0) is 21.7. The van der Waals surface area contributed by atoms with Crippen LogP contribution in [0.1, 0.15) is 54.6 Å². The van der Waals surface area contributed by atoms with Crippen LogP contribution in [-0.4, -0.2) is 38.9 Å². The standard InChI is InChI=1S/C23H30N2O4S/c1-13-24-21-16(10-20(29)25-14-5-4-6-15(27)9-14)22(2)8-7-19(28)23(3,12-26)18(22)11-17(21)30-13/h4-6,9,16,18-19,26-28H,7-8,10-12H2,1-3H3,(H,25,29). The van der Waals surface area contributed by atoms with Gasteiger partial charge >= 0.3 is 0 Å². The molecule has 6 nitrogen and oxygen atoms in total. The van der Waals surface area contributed by atoms with Crippen LogP contribution >= 0.6 is 11.3 Å². The normalized spacial score (nSPS) is 32.9. The van der Waals surface area contributed by atoms with Gasteiger partial charge in [0.25, 0.3) is 0 Å². The van der Waals surface area contributed by atoms with Gasteiger partial charge in [-0.15, -0.1) is 11.3 Å². The minimum atomic E-state index is -0.609. The van der Waals surface area contributed by atoms with E-state index in [9.17, 15) is 20.1 Å². The van der Waals surface area contributed by atoms with Gasteiger partial charge in [-0.1, -0.05) is 19.9 Å². The van der Waals surface area contributed by atoms with E-state index < -0.39 is 11.5 Å². The summed E-state index contributed by atoms with van der Waals surface area (Å²) in [5.41, 5.74) is 0.702. The van der Waals surface area contributed by atoms with Crippen molar-refractivity contribution < 1.29 is 20.1 Å². The van der Waals surface area contributed by atoms with Gasteiger partial charge in [0.05, 0.1) is 23.4 Å². The Morgan fingerprint density at radius 2 is 2.13 bits per heavy atom. The Bertz CT molecular complexity index is 960. The number of nitrogens with one attached hydrogen (secondary N) is 1. The number of benzene rings is 1. The van der Waals surface area contributed by atoms with E-state index in [2.05, 4.69) is 12.2 Å². The quantitative estimate of drug-likeness (QED) is 0.594. The predicted molar refractivity (Wildman–Crippen MR) is 117 cm³/mol. The Morgan fingerprint density at radius 3 is 2.83 bits per heavy atom. The molecule has 5 unspecified atom stereocenters. The molecule has 4 rings (SSSR count). The third kappa shape index (κ3) is 3.43. The van der Waals surface area contributed by atoms with Crippen LogP contribution < -0.4 is 5.32 Å². The van der Waals surface area contributed by atoms with Gasteiger partial charge in [0, 0.05) is 34.4 Å². The van der Waals surface area contributed by atoms with Crippen LogP contribution in [0.3, 0.4) is 0 Å². The predicted octanol–water partition coefficient (Wildman–Crippen LogP) is 3.60. The van der Waals surface area contributed by atoms with Crippen molar-refractivity contribution in [1.29, 1.82) is 0 Å². The number of phenols is 1. The number of nitrogens with zero attached hydrogens (tertiary/aromatic N) is 1. The lowest BCUT2D eigenvalue weighted by atomic mass is 9.47. The van der Waals surface area contributed by atoms with Gasteiger partial charge in [0.1, 0.15) is 5.75 Å². The summed E-state index contributed by atoms with van der Waals surface area (Å²) in [4.78, 5) is 19.0. The van der Waals surface area contributed by atoms with Crippen LogP contribution in [0.4, 0.5) is 5.69 Å². The molecule has 0 spiro atoms. The molecule has 1 saturated carbocycles. The van der Waals surface area contributed by atoms with Gasteiger partial charge in [-0.3, -0.25) is 4.79 Å². The number of hydrogen-bond donors (Lipinski definition) is 4. The monoisotopic (exact) mass is 430 g/mol. The summed E-state index contributed by atoms with van der Waals surface area (Å²) in [6.07, 6.45) is 1.88. The lowest BCUT2D eigenvalue weighted by Crippen LogP contribution is -2.57. The Balaban J connectivity index is 1.69. The number of aliphatic hydroxyl groups excluding tert-OH is 2. The summed E-state index contributed by atoms with van der Waals surface area (Å²) in [6.45, 7) is 6.08. The average molecular weight is 431 g/mol. The van der Waals surface area contributed by atoms with Gasteiger partial charge in [-0.2, -0.15) is 0 Å². The summed E-state index contributed by atoms with van der Waals surface area (Å²) in [5.74, 6) is -0.0488. The second-order valence-electron chi connectivity index (χ2n) is 9.38. The lowest BCUT2D eigenvalue weighted by Gasteiger charge is -2.58. The number of aromatic hydroxyl groups is 1. The first-order chi connectivity index (χ1) is 14.2. The first-order valence-corrected chi connectivity index (χ1v) is 11.3. The fourth-order valence-electron chi connectivity index (χ4n) is 5.75. The first kappa shape index (κ1) is 21.3. The topological polar surface area (TPSA) is 103 Å². The van der Waals surface area contributed by atoms with Crippen molar-refractivity contribution >= 4 is 22.9 Å². The number of anilines is 1. The Hall–Kier alpha value is -1.96. The number of aromatic nitrogens is 1. The summed E-state index contributed by atoms with van der Waals surface area (Å²) in [6, 6.07) is 6.54. The van der Waals surface area contributed by atoms with E-state index in [1.165, 1.54) is 10.9 Å². The molecule has 2 aliphatic carbocycles. The maximum absolute atomic E-state index is 13.0. The van der Waals surface area contributed by atoms with E-state index in [4.69, 9.17) is 4.98 Å². The van der Waals surface area contributed by atoms with E-state index >= 15 is 0 Å². The van der Waals surface area contributed by atoms with Crippen LogP contribution in [0.15, 0.2) is 24.3 Å². The number of carbonyl (C=O) groups excluding carboxylic acids is 1. The molecular formula is C23H30N2O4S. The molecule has 1 aromatic heterocycles. The molecule has 0 saturated heterocycles. The molecular weight excluding hydrogens is 400 g/mol.